The zero-order valence-corrected chi connectivity index (χ0v) is 10.7. The predicted octanol–water partition coefficient (Wildman–Crippen LogP) is 3.66. The van der Waals surface area contributed by atoms with Crippen molar-refractivity contribution in [1.29, 1.82) is 4.78 Å². The van der Waals surface area contributed by atoms with Crippen LogP contribution in [0.4, 0.5) is 0 Å². The minimum absolute atomic E-state index is 0.511. The monoisotopic (exact) mass is 219 g/mol. The standard InChI is InChI=1S/C11H25NOS/c1-4-7-8-11(5-2)9-10-14(12,13)6-3/h11-12H,4-10H2,1-3H3/t11-,14?/m1/s1. The lowest BCUT2D eigenvalue weighted by Crippen LogP contribution is -2.11. The van der Waals surface area contributed by atoms with Crippen LogP contribution in [0.15, 0.2) is 0 Å². The van der Waals surface area contributed by atoms with Crippen LogP contribution in [0, 0.1) is 10.7 Å². The Kier molecular flexibility index (Phi) is 7.24. The first-order chi connectivity index (χ1) is 6.55. The van der Waals surface area contributed by atoms with Gasteiger partial charge in [-0.1, -0.05) is 46.5 Å². The molecule has 0 aromatic heterocycles. The molecule has 0 aromatic rings. The van der Waals surface area contributed by atoms with E-state index < -0.39 is 9.73 Å². The van der Waals surface area contributed by atoms with E-state index in [1.807, 2.05) is 6.92 Å². The molecule has 0 aliphatic carbocycles. The minimum Gasteiger partial charge on any atom is -0.253 e. The van der Waals surface area contributed by atoms with E-state index in [0.717, 1.165) is 6.42 Å². The van der Waals surface area contributed by atoms with E-state index in [4.69, 9.17) is 4.78 Å². The van der Waals surface area contributed by atoms with E-state index >= 15 is 0 Å². The van der Waals surface area contributed by atoms with Crippen molar-refractivity contribution < 1.29 is 4.21 Å². The summed E-state index contributed by atoms with van der Waals surface area (Å²) in [4.78, 5) is 0. The molecule has 1 unspecified atom stereocenters. The maximum Gasteiger partial charge on any atom is 0.0438 e. The largest absolute Gasteiger partial charge is 0.253 e. The molecule has 86 valence electrons. The second-order valence-corrected chi connectivity index (χ2v) is 6.62. The number of unbranched alkanes of at least 4 members (excludes halogenated alkanes) is 1. The molecule has 0 amide bonds. The van der Waals surface area contributed by atoms with Gasteiger partial charge in [0.2, 0.25) is 0 Å². The summed E-state index contributed by atoms with van der Waals surface area (Å²) >= 11 is 0. The summed E-state index contributed by atoms with van der Waals surface area (Å²) in [6, 6.07) is 0. The molecule has 0 rings (SSSR count). The Morgan fingerprint density at radius 1 is 1.21 bits per heavy atom. The summed E-state index contributed by atoms with van der Waals surface area (Å²) in [6.45, 7) is 6.24. The minimum atomic E-state index is -2.25. The van der Waals surface area contributed by atoms with Crippen molar-refractivity contribution in [2.24, 2.45) is 5.92 Å². The van der Waals surface area contributed by atoms with Crippen molar-refractivity contribution in [3.63, 3.8) is 0 Å². The molecule has 0 radical (unpaired) electrons. The number of hydrogen-bond donors (Lipinski definition) is 1. The molecule has 2 atom stereocenters. The van der Waals surface area contributed by atoms with E-state index in [1.165, 1.54) is 25.7 Å². The summed E-state index contributed by atoms with van der Waals surface area (Å²) in [5, 5.41) is 0. The quantitative estimate of drug-likeness (QED) is 0.665. The third-order valence-electron chi connectivity index (χ3n) is 2.87. The maximum absolute atomic E-state index is 11.5. The average molecular weight is 219 g/mol. The van der Waals surface area contributed by atoms with Crippen LogP contribution in [-0.4, -0.2) is 15.7 Å². The highest BCUT2D eigenvalue weighted by Crippen LogP contribution is 2.17. The number of rotatable bonds is 8. The lowest BCUT2D eigenvalue weighted by molar-refractivity contribution is 0.439. The molecular weight excluding hydrogens is 194 g/mol. The van der Waals surface area contributed by atoms with E-state index in [9.17, 15) is 4.21 Å². The molecule has 0 saturated heterocycles. The SMILES string of the molecule is CCCC[C@@H](CC)CCS(=N)(=O)CC. The molecule has 0 saturated carbocycles. The smallest absolute Gasteiger partial charge is 0.0438 e. The normalized spacial score (nSPS) is 17.6. The highest BCUT2D eigenvalue weighted by atomic mass is 32.2. The summed E-state index contributed by atoms with van der Waals surface area (Å²) in [5.41, 5.74) is 0. The zero-order chi connectivity index (χ0) is 11.0. The molecule has 2 nitrogen and oxygen atoms in total. The lowest BCUT2D eigenvalue weighted by Gasteiger charge is -2.14. The van der Waals surface area contributed by atoms with Gasteiger partial charge in [-0.05, 0) is 12.3 Å². The van der Waals surface area contributed by atoms with Crippen LogP contribution in [0.25, 0.3) is 0 Å². The summed E-state index contributed by atoms with van der Waals surface area (Å²) in [5.74, 6) is 1.80. The molecule has 0 aliphatic heterocycles. The fourth-order valence-electron chi connectivity index (χ4n) is 1.55. The second-order valence-electron chi connectivity index (χ2n) is 4.01. The first-order valence-electron chi connectivity index (χ1n) is 5.79. The van der Waals surface area contributed by atoms with Gasteiger partial charge in [-0.3, -0.25) is 4.78 Å². The molecule has 0 heterocycles. The number of nitrogens with one attached hydrogen (secondary N) is 1. The van der Waals surface area contributed by atoms with E-state index in [0.29, 0.717) is 17.4 Å². The molecule has 0 spiro atoms. The van der Waals surface area contributed by atoms with Crippen LogP contribution >= 0.6 is 0 Å². The van der Waals surface area contributed by atoms with Gasteiger partial charge in [0, 0.05) is 21.2 Å². The summed E-state index contributed by atoms with van der Waals surface area (Å²) in [7, 11) is -2.25. The van der Waals surface area contributed by atoms with Gasteiger partial charge in [-0.2, -0.15) is 0 Å². The third-order valence-corrected chi connectivity index (χ3v) is 4.69. The van der Waals surface area contributed by atoms with Crippen molar-refractivity contribution >= 4 is 9.73 Å². The topological polar surface area (TPSA) is 40.9 Å². The van der Waals surface area contributed by atoms with Crippen LogP contribution in [0.3, 0.4) is 0 Å². The maximum atomic E-state index is 11.5. The Morgan fingerprint density at radius 3 is 2.29 bits per heavy atom. The highest BCUT2D eigenvalue weighted by Gasteiger charge is 2.09. The van der Waals surface area contributed by atoms with Gasteiger partial charge in [0.25, 0.3) is 0 Å². The van der Waals surface area contributed by atoms with Crippen LogP contribution in [-0.2, 0) is 9.73 Å². The molecule has 14 heavy (non-hydrogen) atoms. The Labute approximate surface area is 89.5 Å². The Hall–Kier alpha value is -0.0500. The predicted molar refractivity (Wildman–Crippen MR) is 64.2 cm³/mol. The van der Waals surface area contributed by atoms with Crippen molar-refractivity contribution in [2.45, 2.75) is 52.9 Å². The van der Waals surface area contributed by atoms with Gasteiger partial charge in [-0.15, -0.1) is 0 Å². The molecule has 1 N–H and O–H groups in total. The molecule has 0 bridgehead atoms. The number of hydrogen-bond acceptors (Lipinski definition) is 2. The van der Waals surface area contributed by atoms with Crippen molar-refractivity contribution in [3.05, 3.63) is 0 Å². The van der Waals surface area contributed by atoms with Crippen LogP contribution in [0.1, 0.15) is 52.9 Å². The van der Waals surface area contributed by atoms with Crippen LogP contribution in [0.2, 0.25) is 0 Å². The fraction of sp³-hybridized carbons (Fsp3) is 1.00. The molecule has 3 heteroatoms. The van der Waals surface area contributed by atoms with Crippen molar-refractivity contribution in [3.8, 4) is 0 Å². The van der Waals surface area contributed by atoms with Crippen LogP contribution < -0.4 is 0 Å². The molecule has 0 aliphatic rings. The van der Waals surface area contributed by atoms with Gasteiger partial charge in [0.15, 0.2) is 0 Å². The Morgan fingerprint density at radius 2 is 1.86 bits per heavy atom. The fourth-order valence-corrected chi connectivity index (χ4v) is 2.55. The molecule has 0 aromatic carbocycles. The van der Waals surface area contributed by atoms with Crippen LogP contribution in [0.5, 0.6) is 0 Å². The van der Waals surface area contributed by atoms with Gasteiger partial charge in [0.1, 0.15) is 0 Å². The first-order valence-corrected chi connectivity index (χ1v) is 7.69. The summed E-state index contributed by atoms with van der Waals surface area (Å²) < 4.78 is 19.1. The van der Waals surface area contributed by atoms with Gasteiger partial charge >= 0.3 is 0 Å². The van der Waals surface area contributed by atoms with E-state index in [-0.39, 0.29) is 0 Å². The first kappa shape index (κ1) is 13.9. The highest BCUT2D eigenvalue weighted by molar-refractivity contribution is 7.92. The summed E-state index contributed by atoms with van der Waals surface area (Å²) in [6.07, 6.45) is 5.89. The van der Waals surface area contributed by atoms with Crippen molar-refractivity contribution in [2.75, 3.05) is 11.5 Å². The molecule has 0 fully saturated rings. The van der Waals surface area contributed by atoms with Gasteiger partial charge in [-0.25, -0.2) is 4.21 Å². The lowest BCUT2D eigenvalue weighted by atomic mass is 9.97. The van der Waals surface area contributed by atoms with Crippen molar-refractivity contribution in [1.82, 2.24) is 0 Å². The second kappa shape index (κ2) is 7.27. The van der Waals surface area contributed by atoms with E-state index in [1.54, 1.807) is 0 Å². The third kappa shape index (κ3) is 6.41. The Bertz CT molecular complexity index is 221. The van der Waals surface area contributed by atoms with E-state index in [2.05, 4.69) is 13.8 Å². The zero-order valence-electron chi connectivity index (χ0n) is 9.84. The van der Waals surface area contributed by atoms with Gasteiger partial charge < -0.3 is 0 Å². The average Bonchev–Trinajstić information content (AvgIpc) is 2.18. The Balaban J connectivity index is 3.83. The van der Waals surface area contributed by atoms with Gasteiger partial charge in [0.05, 0.1) is 0 Å². The molecular formula is C11H25NOS.